The highest BCUT2D eigenvalue weighted by atomic mass is 32.2. The first-order valence-corrected chi connectivity index (χ1v) is 12.7. The van der Waals surface area contributed by atoms with E-state index in [9.17, 15) is 13.2 Å². The third-order valence-electron chi connectivity index (χ3n) is 5.33. The Morgan fingerprint density at radius 2 is 1.97 bits per heavy atom. The van der Waals surface area contributed by atoms with Gasteiger partial charge in [0, 0.05) is 10.8 Å². The molecule has 0 saturated heterocycles. The number of nitrogens with one attached hydrogen (secondary N) is 2. The Morgan fingerprint density at radius 1 is 1.19 bits per heavy atom. The number of anilines is 2. The van der Waals surface area contributed by atoms with E-state index in [0.717, 1.165) is 46.6 Å². The van der Waals surface area contributed by atoms with Crippen molar-refractivity contribution >= 4 is 50.8 Å². The van der Waals surface area contributed by atoms with Crippen LogP contribution in [0.15, 0.2) is 39.1 Å². The van der Waals surface area contributed by atoms with E-state index >= 15 is 0 Å². The van der Waals surface area contributed by atoms with Crippen LogP contribution in [0.25, 0.3) is 12.2 Å². The molecule has 1 saturated carbocycles. The molecule has 0 spiro atoms. The molecule has 0 aliphatic heterocycles. The Kier molecular flexibility index (Phi) is 6.21. The van der Waals surface area contributed by atoms with Crippen molar-refractivity contribution in [3.63, 3.8) is 0 Å². The normalized spacial score (nSPS) is 14.1. The van der Waals surface area contributed by atoms with Gasteiger partial charge in [-0.05, 0) is 68.5 Å². The largest absolute Gasteiger partial charge is 0.354 e. The number of hydrogen-bond acceptors (Lipinski definition) is 6. The summed E-state index contributed by atoms with van der Waals surface area (Å²) >= 11 is 1.15. The minimum atomic E-state index is -3.71. The second kappa shape index (κ2) is 8.91. The Hall–Kier alpha value is -2.91. The number of nitrogens with zero attached hydrogens (tertiary/aromatic N) is 1. The summed E-state index contributed by atoms with van der Waals surface area (Å²) in [6.45, 7) is 5.65. The molecule has 168 valence electrons. The Morgan fingerprint density at radius 3 is 2.69 bits per heavy atom. The Bertz CT molecular complexity index is 1280. The van der Waals surface area contributed by atoms with Crippen molar-refractivity contribution in [2.24, 2.45) is 5.92 Å². The van der Waals surface area contributed by atoms with Crippen LogP contribution in [-0.4, -0.2) is 19.5 Å². The van der Waals surface area contributed by atoms with E-state index in [2.05, 4.69) is 15.2 Å². The van der Waals surface area contributed by atoms with Crippen molar-refractivity contribution in [1.29, 1.82) is 0 Å². The Labute approximate surface area is 191 Å². The molecule has 0 bridgehead atoms. The molecule has 1 amide bonds. The van der Waals surface area contributed by atoms with Gasteiger partial charge in [-0.3, -0.25) is 9.52 Å². The first-order valence-electron chi connectivity index (χ1n) is 10.4. The SMILES string of the molecule is CCc1cccc(C)c1NS(=O)(=O)c1ccc(/C=C/c2onc(C)c2NC(=O)C2CC2)s1. The zero-order chi connectivity index (χ0) is 22.9. The fraction of sp³-hybridized carbons (Fsp3) is 0.304. The number of benzene rings is 1. The highest BCUT2D eigenvalue weighted by Gasteiger charge is 2.30. The van der Waals surface area contributed by atoms with Gasteiger partial charge < -0.3 is 9.84 Å². The molecule has 2 aromatic heterocycles. The van der Waals surface area contributed by atoms with Crippen LogP contribution in [-0.2, 0) is 21.2 Å². The molecular formula is C23H25N3O4S2. The lowest BCUT2D eigenvalue weighted by Crippen LogP contribution is -2.14. The van der Waals surface area contributed by atoms with Crippen molar-refractivity contribution in [2.45, 2.75) is 44.2 Å². The average Bonchev–Trinajstić information content (AvgIpc) is 3.41. The van der Waals surface area contributed by atoms with Gasteiger partial charge in [-0.1, -0.05) is 30.3 Å². The minimum absolute atomic E-state index is 0.0239. The quantitative estimate of drug-likeness (QED) is 0.468. The lowest BCUT2D eigenvalue weighted by molar-refractivity contribution is -0.117. The van der Waals surface area contributed by atoms with E-state index in [4.69, 9.17) is 4.52 Å². The first-order chi connectivity index (χ1) is 15.3. The lowest BCUT2D eigenvalue weighted by Gasteiger charge is -2.13. The van der Waals surface area contributed by atoms with Gasteiger partial charge in [0.05, 0.1) is 5.69 Å². The fourth-order valence-corrected chi connectivity index (χ4v) is 5.71. The van der Waals surface area contributed by atoms with Crippen LogP contribution in [0.5, 0.6) is 0 Å². The van der Waals surface area contributed by atoms with Crippen LogP contribution in [0.2, 0.25) is 0 Å². The monoisotopic (exact) mass is 471 g/mol. The molecular weight excluding hydrogens is 446 g/mol. The molecule has 2 N–H and O–H groups in total. The average molecular weight is 472 g/mol. The molecule has 3 aromatic rings. The van der Waals surface area contributed by atoms with E-state index in [0.29, 0.717) is 22.8 Å². The van der Waals surface area contributed by atoms with Gasteiger partial charge in [-0.25, -0.2) is 8.42 Å². The van der Waals surface area contributed by atoms with Gasteiger partial charge >= 0.3 is 0 Å². The van der Waals surface area contributed by atoms with Crippen LogP contribution in [0.1, 0.15) is 47.2 Å². The highest BCUT2D eigenvalue weighted by molar-refractivity contribution is 7.94. The van der Waals surface area contributed by atoms with Crippen LogP contribution in [0.3, 0.4) is 0 Å². The number of sulfonamides is 1. The molecule has 1 aliphatic rings. The molecule has 0 atom stereocenters. The molecule has 7 nitrogen and oxygen atoms in total. The molecule has 32 heavy (non-hydrogen) atoms. The van der Waals surface area contributed by atoms with E-state index < -0.39 is 10.0 Å². The summed E-state index contributed by atoms with van der Waals surface area (Å²) in [6.07, 6.45) is 5.98. The number of carbonyl (C=O) groups excluding carboxylic acids is 1. The van der Waals surface area contributed by atoms with Gasteiger partial charge in [0.1, 0.15) is 15.6 Å². The lowest BCUT2D eigenvalue weighted by atomic mass is 10.1. The van der Waals surface area contributed by atoms with E-state index in [-0.39, 0.29) is 16.0 Å². The van der Waals surface area contributed by atoms with Gasteiger partial charge in [-0.2, -0.15) is 0 Å². The summed E-state index contributed by atoms with van der Waals surface area (Å²) in [5.74, 6) is 0.476. The topological polar surface area (TPSA) is 101 Å². The number of aromatic nitrogens is 1. The van der Waals surface area contributed by atoms with Crippen LogP contribution < -0.4 is 10.0 Å². The number of thiophene rings is 1. The molecule has 1 fully saturated rings. The van der Waals surface area contributed by atoms with Gasteiger partial charge in [0.15, 0.2) is 5.76 Å². The third kappa shape index (κ3) is 4.78. The minimum Gasteiger partial charge on any atom is -0.354 e. The summed E-state index contributed by atoms with van der Waals surface area (Å²) in [5, 5.41) is 6.81. The maximum atomic E-state index is 13.0. The molecule has 9 heteroatoms. The summed E-state index contributed by atoms with van der Waals surface area (Å²) in [5.41, 5.74) is 3.62. The van der Waals surface area contributed by atoms with Crippen LogP contribution in [0, 0.1) is 19.8 Å². The van der Waals surface area contributed by atoms with E-state index in [1.165, 1.54) is 0 Å². The zero-order valence-electron chi connectivity index (χ0n) is 18.1. The molecule has 0 unspecified atom stereocenters. The second-order valence-corrected chi connectivity index (χ2v) is 10.9. The van der Waals surface area contributed by atoms with E-state index in [1.54, 1.807) is 31.2 Å². The maximum absolute atomic E-state index is 13.0. The molecule has 1 aliphatic carbocycles. The molecule has 2 heterocycles. The summed E-state index contributed by atoms with van der Waals surface area (Å²) in [6, 6.07) is 9.05. The highest BCUT2D eigenvalue weighted by Crippen LogP contribution is 2.33. The number of para-hydroxylation sites is 1. The standard InChI is InChI=1S/C23H25N3O4S2/c1-4-16-7-5-6-14(2)21(16)26-32(28,29)20-13-11-18(31-20)10-12-19-22(15(3)25-30-19)24-23(27)17-8-9-17/h5-7,10-13,17,26H,4,8-9H2,1-3H3,(H,24,27)/b12-10+. The van der Waals surface area contributed by atoms with Crippen molar-refractivity contribution in [3.05, 3.63) is 57.8 Å². The number of amides is 1. The summed E-state index contributed by atoms with van der Waals surface area (Å²) in [4.78, 5) is 12.8. The second-order valence-electron chi connectivity index (χ2n) is 7.83. The number of aryl methyl sites for hydroxylation is 3. The van der Waals surface area contributed by atoms with Crippen molar-refractivity contribution in [1.82, 2.24) is 5.16 Å². The van der Waals surface area contributed by atoms with Crippen molar-refractivity contribution < 1.29 is 17.7 Å². The zero-order valence-corrected chi connectivity index (χ0v) is 19.8. The molecule has 1 aromatic carbocycles. The Balaban J connectivity index is 1.52. The van der Waals surface area contributed by atoms with Gasteiger partial charge in [0.2, 0.25) is 5.91 Å². The third-order valence-corrected chi connectivity index (χ3v) is 8.22. The maximum Gasteiger partial charge on any atom is 0.271 e. The van der Waals surface area contributed by atoms with Gasteiger partial charge in [-0.15, -0.1) is 11.3 Å². The molecule has 0 radical (unpaired) electrons. The van der Waals surface area contributed by atoms with Crippen LogP contribution in [0.4, 0.5) is 11.4 Å². The first kappa shape index (κ1) is 22.3. The number of hydrogen-bond donors (Lipinski definition) is 2. The summed E-state index contributed by atoms with van der Waals surface area (Å²) in [7, 11) is -3.71. The number of rotatable bonds is 8. The molecule has 4 rings (SSSR count). The number of carbonyl (C=O) groups is 1. The fourth-order valence-electron chi connectivity index (χ4n) is 3.30. The van der Waals surface area contributed by atoms with Crippen molar-refractivity contribution in [3.8, 4) is 0 Å². The summed E-state index contributed by atoms with van der Waals surface area (Å²) < 4.78 is 34.2. The van der Waals surface area contributed by atoms with Gasteiger partial charge in [0.25, 0.3) is 10.0 Å². The predicted molar refractivity (Wildman–Crippen MR) is 127 cm³/mol. The van der Waals surface area contributed by atoms with Crippen molar-refractivity contribution in [2.75, 3.05) is 10.0 Å². The van der Waals surface area contributed by atoms with Crippen LogP contribution >= 0.6 is 11.3 Å². The predicted octanol–water partition coefficient (Wildman–Crippen LogP) is 5.24. The smallest absolute Gasteiger partial charge is 0.271 e. The van der Waals surface area contributed by atoms with E-state index in [1.807, 2.05) is 32.0 Å².